The monoisotopic (exact) mass is 408 g/mol. The van der Waals surface area contributed by atoms with E-state index in [1.807, 2.05) is 12.1 Å². The average molecular weight is 409 g/mol. The summed E-state index contributed by atoms with van der Waals surface area (Å²) < 4.78 is 0. The molecule has 28 heavy (non-hydrogen) atoms. The SMILES string of the molecule is CCC[C@@H](CCC(C)C)C(=O)NC(=O)N1CCC(O)(c2ccc(Cl)cc2)CC1. The molecule has 1 aliphatic heterocycles. The van der Waals surface area contributed by atoms with Crippen LogP contribution in [-0.2, 0) is 10.4 Å². The van der Waals surface area contributed by atoms with Gasteiger partial charge in [0.1, 0.15) is 0 Å². The molecule has 1 aromatic carbocycles. The van der Waals surface area contributed by atoms with Crippen molar-refractivity contribution in [2.24, 2.45) is 11.8 Å². The summed E-state index contributed by atoms with van der Waals surface area (Å²) in [6.45, 7) is 7.15. The van der Waals surface area contributed by atoms with E-state index in [2.05, 4.69) is 26.1 Å². The molecule has 1 atom stereocenters. The van der Waals surface area contributed by atoms with Gasteiger partial charge in [-0.3, -0.25) is 10.1 Å². The number of piperidine rings is 1. The van der Waals surface area contributed by atoms with E-state index in [1.165, 1.54) is 0 Å². The van der Waals surface area contributed by atoms with Gasteiger partial charge in [-0.25, -0.2) is 4.79 Å². The summed E-state index contributed by atoms with van der Waals surface area (Å²) in [6.07, 6.45) is 4.36. The number of nitrogens with zero attached hydrogens (tertiary/aromatic N) is 1. The summed E-state index contributed by atoms with van der Waals surface area (Å²) in [7, 11) is 0. The number of likely N-dealkylation sites (tertiary alicyclic amines) is 1. The number of halogens is 1. The minimum Gasteiger partial charge on any atom is -0.385 e. The van der Waals surface area contributed by atoms with Gasteiger partial charge in [0.2, 0.25) is 5.91 Å². The summed E-state index contributed by atoms with van der Waals surface area (Å²) in [5, 5.41) is 14.1. The Morgan fingerprint density at radius 1 is 1.14 bits per heavy atom. The number of carbonyl (C=O) groups excluding carboxylic acids is 2. The van der Waals surface area contributed by atoms with Crippen molar-refractivity contribution < 1.29 is 14.7 Å². The highest BCUT2D eigenvalue weighted by atomic mass is 35.5. The van der Waals surface area contributed by atoms with Crippen LogP contribution >= 0.6 is 11.6 Å². The van der Waals surface area contributed by atoms with Crippen LogP contribution in [0.5, 0.6) is 0 Å². The second kappa shape index (κ2) is 10.3. The van der Waals surface area contributed by atoms with Crippen LogP contribution in [0.15, 0.2) is 24.3 Å². The maximum absolute atomic E-state index is 12.6. The molecule has 0 aliphatic carbocycles. The van der Waals surface area contributed by atoms with Crippen molar-refractivity contribution in [3.05, 3.63) is 34.9 Å². The number of carbonyl (C=O) groups is 2. The number of nitrogens with one attached hydrogen (secondary N) is 1. The van der Waals surface area contributed by atoms with E-state index >= 15 is 0 Å². The Labute approximate surface area is 173 Å². The molecule has 1 aliphatic rings. The molecule has 1 fully saturated rings. The first kappa shape index (κ1) is 22.7. The maximum Gasteiger partial charge on any atom is 0.324 e. The molecule has 0 aromatic heterocycles. The van der Waals surface area contributed by atoms with Gasteiger partial charge in [0.05, 0.1) is 5.60 Å². The lowest BCUT2D eigenvalue weighted by Crippen LogP contribution is -2.51. The van der Waals surface area contributed by atoms with Crippen molar-refractivity contribution >= 4 is 23.5 Å². The van der Waals surface area contributed by atoms with Crippen LogP contribution in [0.2, 0.25) is 5.02 Å². The first-order valence-corrected chi connectivity index (χ1v) is 10.7. The predicted octanol–water partition coefficient (Wildman–Crippen LogP) is 4.71. The number of rotatable bonds is 7. The van der Waals surface area contributed by atoms with Crippen LogP contribution in [0.4, 0.5) is 4.79 Å². The van der Waals surface area contributed by atoms with E-state index in [1.54, 1.807) is 17.0 Å². The van der Waals surface area contributed by atoms with Crippen molar-refractivity contribution in [2.75, 3.05) is 13.1 Å². The first-order valence-electron chi connectivity index (χ1n) is 10.3. The van der Waals surface area contributed by atoms with Gasteiger partial charge in [-0.05, 0) is 49.3 Å². The Kier molecular flexibility index (Phi) is 8.32. The number of benzene rings is 1. The highest BCUT2D eigenvalue weighted by molar-refractivity contribution is 6.30. The van der Waals surface area contributed by atoms with E-state index in [4.69, 9.17) is 11.6 Å². The molecule has 0 saturated carbocycles. The molecule has 3 amide bonds. The lowest BCUT2D eigenvalue weighted by molar-refractivity contribution is -0.124. The Bertz CT molecular complexity index is 652. The van der Waals surface area contributed by atoms with E-state index in [0.29, 0.717) is 36.9 Å². The highest BCUT2D eigenvalue weighted by Gasteiger charge is 2.36. The second-order valence-corrected chi connectivity index (χ2v) is 8.71. The minimum absolute atomic E-state index is 0.118. The fourth-order valence-electron chi connectivity index (χ4n) is 3.70. The summed E-state index contributed by atoms with van der Waals surface area (Å²) >= 11 is 5.92. The summed E-state index contributed by atoms with van der Waals surface area (Å²) in [5.74, 6) is 0.244. The van der Waals surface area contributed by atoms with Gasteiger partial charge in [-0.15, -0.1) is 0 Å². The number of aliphatic hydroxyl groups is 1. The first-order chi connectivity index (χ1) is 13.2. The largest absolute Gasteiger partial charge is 0.385 e. The van der Waals surface area contributed by atoms with Crippen LogP contribution in [0.1, 0.15) is 64.9 Å². The van der Waals surface area contributed by atoms with E-state index < -0.39 is 5.60 Å². The smallest absolute Gasteiger partial charge is 0.324 e. The number of hydrogen-bond donors (Lipinski definition) is 2. The van der Waals surface area contributed by atoms with E-state index in [-0.39, 0.29) is 17.9 Å². The molecule has 0 spiro atoms. The quantitative estimate of drug-likeness (QED) is 0.686. The zero-order valence-corrected chi connectivity index (χ0v) is 18.0. The van der Waals surface area contributed by atoms with Crippen molar-refractivity contribution in [3.8, 4) is 0 Å². The topological polar surface area (TPSA) is 69.6 Å². The van der Waals surface area contributed by atoms with Gasteiger partial charge >= 0.3 is 6.03 Å². The zero-order chi connectivity index (χ0) is 20.7. The van der Waals surface area contributed by atoms with Crippen LogP contribution in [0.3, 0.4) is 0 Å². The molecule has 1 heterocycles. The third-order valence-corrected chi connectivity index (χ3v) is 5.84. The normalized spacial score (nSPS) is 17.4. The molecule has 0 bridgehead atoms. The number of imide groups is 1. The minimum atomic E-state index is -0.965. The van der Waals surface area contributed by atoms with Crippen LogP contribution in [-0.4, -0.2) is 35.0 Å². The molecule has 0 unspecified atom stereocenters. The molecule has 6 heteroatoms. The Morgan fingerprint density at radius 3 is 2.29 bits per heavy atom. The highest BCUT2D eigenvalue weighted by Crippen LogP contribution is 2.33. The molecule has 0 radical (unpaired) electrons. The lowest BCUT2D eigenvalue weighted by atomic mass is 9.84. The molecule has 2 N–H and O–H groups in total. The van der Waals surface area contributed by atoms with Gasteiger partial charge in [0.15, 0.2) is 0 Å². The average Bonchev–Trinajstić information content (AvgIpc) is 2.65. The zero-order valence-electron chi connectivity index (χ0n) is 17.2. The predicted molar refractivity (Wildman–Crippen MR) is 112 cm³/mol. The van der Waals surface area contributed by atoms with Crippen LogP contribution in [0.25, 0.3) is 0 Å². The van der Waals surface area contributed by atoms with Crippen molar-refractivity contribution in [2.45, 2.75) is 64.9 Å². The van der Waals surface area contributed by atoms with Gasteiger partial charge in [0.25, 0.3) is 0 Å². The number of hydrogen-bond acceptors (Lipinski definition) is 3. The second-order valence-electron chi connectivity index (χ2n) is 8.28. The molecular formula is C22H33ClN2O3. The Balaban J connectivity index is 1.89. The number of urea groups is 1. The molecule has 1 saturated heterocycles. The van der Waals surface area contributed by atoms with Gasteiger partial charge in [0, 0.05) is 24.0 Å². The van der Waals surface area contributed by atoms with Gasteiger partial charge < -0.3 is 10.0 Å². The summed E-state index contributed by atoms with van der Waals surface area (Å²) in [5.41, 5.74) is -0.155. The van der Waals surface area contributed by atoms with Crippen LogP contribution in [0, 0.1) is 11.8 Å². The fraction of sp³-hybridized carbons (Fsp3) is 0.636. The van der Waals surface area contributed by atoms with Crippen molar-refractivity contribution in [3.63, 3.8) is 0 Å². The molecule has 5 nitrogen and oxygen atoms in total. The molecule has 2 rings (SSSR count). The van der Waals surface area contributed by atoms with E-state index in [9.17, 15) is 14.7 Å². The van der Waals surface area contributed by atoms with Crippen molar-refractivity contribution in [1.29, 1.82) is 0 Å². The maximum atomic E-state index is 12.6. The Morgan fingerprint density at radius 2 is 1.75 bits per heavy atom. The third-order valence-electron chi connectivity index (χ3n) is 5.59. The Hall–Kier alpha value is -1.59. The molecular weight excluding hydrogens is 376 g/mol. The lowest BCUT2D eigenvalue weighted by Gasteiger charge is -2.38. The van der Waals surface area contributed by atoms with Gasteiger partial charge in [-0.1, -0.05) is 57.3 Å². The number of amides is 3. The summed E-state index contributed by atoms with van der Waals surface area (Å²) in [6, 6.07) is 6.82. The molecule has 156 valence electrons. The third kappa shape index (κ3) is 6.21. The van der Waals surface area contributed by atoms with Crippen molar-refractivity contribution in [1.82, 2.24) is 10.2 Å². The van der Waals surface area contributed by atoms with Gasteiger partial charge in [-0.2, -0.15) is 0 Å². The fourth-order valence-corrected chi connectivity index (χ4v) is 3.83. The summed E-state index contributed by atoms with van der Waals surface area (Å²) in [4.78, 5) is 26.7. The van der Waals surface area contributed by atoms with Crippen LogP contribution < -0.4 is 5.32 Å². The van der Waals surface area contributed by atoms with E-state index in [0.717, 1.165) is 31.2 Å². The standard InChI is InChI=1S/C22H33ClN2O3/c1-4-5-17(7-6-16(2)3)20(26)24-21(27)25-14-12-22(28,13-15-25)18-8-10-19(23)11-9-18/h8-11,16-17,28H,4-7,12-15H2,1-3H3,(H,24,26,27)/t17-/m0/s1. The molecule has 1 aromatic rings.